The first-order valence-corrected chi connectivity index (χ1v) is 11.1. The van der Waals surface area contributed by atoms with Crippen LogP contribution in [0.5, 0.6) is 0 Å². The van der Waals surface area contributed by atoms with Crippen LogP contribution in [0.4, 0.5) is 4.39 Å². The highest BCUT2D eigenvalue weighted by atomic mass is 32.2. The minimum absolute atomic E-state index is 0.104. The normalized spacial score (nSPS) is 20.5. The SMILES string of the molecule is CCSC1=C(C(=O)O)C(C)=CC(N2CCOCC2)N1Cc1ccc(COC)c(F)c1. The van der Waals surface area contributed by atoms with Gasteiger partial charge in [0, 0.05) is 32.3 Å². The minimum atomic E-state index is -0.938. The van der Waals surface area contributed by atoms with Gasteiger partial charge in [-0.05, 0) is 36.0 Å². The second kappa shape index (κ2) is 10.4. The highest BCUT2D eigenvalue weighted by Crippen LogP contribution is 2.37. The summed E-state index contributed by atoms with van der Waals surface area (Å²) in [7, 11) is 1.54. The van der Waals surface area contributed by atoms with E-state index in [4.69, 9.17) is 9.47 Å². The monoisotopic (exact) mass is 436 g/mol. The molecule has 1 N–H and O–H groups in total. The summed E-state index contributed by atoms with van der Waals surface area (Å²) in [6.07, 6.45) is 1.90. The van der Waals surface area contributed by atoms with Gasteiger partial charge in [-0.3, -0.25) is 4.90 Å². The van der Waals surface area contributed by atoms with Gasteiger partial charge in [0.2, 0.25) is 0 Å². The van der Waals surface area contributed by atoms with Crippen LogP contribution in [0.2, 0.25) is 0 Å². The molecule has 3 rings (SSSR count). The molecule has 0 spiro atoms. The number of carbonyl (C=O) groups is 1. The van der Waals surface area contributed by atoms with Crippen LogP contribution in [-0.2, 0) is 27.4 Å². The van der Waals surface area contributed by atoms with Crippen LogP contribution in [0, 0.1) is 5.82 Å². The zero-order valence-corrected chi connectivity index (χ0v) is 18.5. The van der Waals surface area contributed by atoms with Gasteiger partial charge in [0.1, 0.15) is 12.0 Å². The molecule has 1 fully saturated rings. The van der Waals surface area contributed by atoms with E-state index in [1.807, 2.05) is 26.0 Å². The Hall–Kier alpha value is -1.87. The molecular formula is C22H29FN2O4S. The molecule has 0 radical (unpaired) electrons. The van der Waals surface area contributed by atoms with E-state index in [2.05, 4.69) is 9.80 Å². The molecule has 164 valence electrons. The number of carboxylic acids is 1. The van der Waals surface area contributed by atoms with E-state index in [1.165, 1.54) is 24.9 Å². The Morgan fingerprint density at radius 3 is 2.70 bits per heavy atom. The Balaban J connectivity index is 1.99. The molecule has 30 heavy (non-hydrogen) atoms. The number of rotatable bonds is 8. The van der Waals surface area contributed by atoms with E-state index in [9.17, 15) is 14.3 Å². The Labute approximate surface area is 181 Å². The number of hydrogen-bond donors (Lipinski definition) is 1. The molecule has 1 aromatic carbocycles. The Bertz CT molecular complexity index is 836. The average Bonchev–Trinajstić information content (AvgIpc) is 2.72. The molecule has 2 aliphatic rings. The quantitative estimate of drug-likeness (QED) is 0.670. The van der Waals surface area contributed by atoms with Crippen LogP contribution in [-0.4, -0.2) is 66.2 Å². The molecule has 1 aromatic rings. The average molecular weight is 437 g/mol. The van der Waals surface area contributed by atoms with Crippen LogP contribution in [0.15, 0.2) is 40.5 Å². The number of halogens is 1. The zero-order valence-electron chi connectivity index (χ0n) is 17.7. The Kier molecular flexibility index (Phi) is 7.93. The van der Waals surface area contributed by atoms with Gasteiger partial charge >= 0.3 is 5.97 Å². The molecule has 0 aliphatic carbocycles. The molecular weight excluding hydrogens is 407 g/mol. The van der Waals surface area contributed by atoms with Crippen molar-refractivity contribution in [3.05, 3.63) is 57.4 Å². The van der Waals surface area contributed by atoms with Crippen molar-refractivity contribution in [3.8, 4) is 0 Å². The summed E-state index contributed by atoms with van der Waals surface area (Å²) < 4.78 is 25.1. The van der Waals surface area contributed by atoms with E-state index in [0.29, 0.717) is 30.9 Å². The third-order valence-corrected chi connectivity index (χ3v) is 6.27. The van der Waals surface area contributed by atoms with Crippen molar-refractivity contribution in [1.29, 1.82) is 0 Å². The first-order valence-electron chi connectivity index (χ1n) is 10.1. The highest BCUT2D eigenvalue weighted by Gasteiger charge is 2.34. The van der Waals surface area contributed by atoms with E-state index in [1.54, 1.807) is 6.07 Å². The van der Waals surface area contributed by atoms with Crippen molar-refractivity contribution < 1.29 is 23.8 Å². The molecule has 0 aromatic heterocycles. The van der Waals surface area contributed by atoms with Crippen molar-refractivity contribution in [2.75, 3.05) is 39.2 Å². The molecule has 0 amide bonds. The van der Waals surface area contributed by atoms with Crippen molar-refractivity contribution >= 4 is 17.7 Å². The molecule has 8 heteroatoms. The lowest BCUT2D eigenvalue weighted by Gasteiger charge is -2.44. The maximum atomic E-state index is 14.5. The lowest BCUT2D eigenvalue weighted by atomic mass is 10.0. The summed E-state index contributed by atoms with van der Waals surface area (Å²) in [5.41, 5.74) is 2.37. The maximum Gasteiger partial charge on any atom is 0.338 e. The standard InChI is InChI=1S/C22H29FN2O4S/c1-4-30-21-20(22(26)27)15(2)11-19(24-7-9-29-10-8-24)25(21)13-16-5-6-17(14-28-3)18(23)12-16/h5-6,11-12,19H,4,7-10,13-14H2,1-3H3,(H,26,27). The number of carboxylic acid groups (broad SMARTS) is 1. The number of hydrogen-bond acceptors (Lipinski definition) is 6. The summed E-state index contributed by atoms with van der Waals surface area (Å²) in [6.45, 7) is 7.29. The van der Waals surface area contributed by atoms with Crippen molar-refractivity contribution in [3.63, 3.8) is 0 Å². The predicted molar refractivity (Wildman–Crippen MR) is 115 cm³/mol. The predicted octanol–water partition coefficient (Wildman–Crippen LogP) is 3.44. The van der Waals surface area contributed by atoms with Crippen LogP contribution >= 0.6 is 11.8 Å². The summed E-state index contributed by atoms with van der Waals surface area (Å²) in [4.78, 5) is 16.4. The van der Waals surface area contributed by atoms with Crippen LogP contribution in [0.1, 0.15) is 25.0 Å². The molecule has 0 saturated carbocycles. The molecule has 1 atom stereocenters. The lowest BCUT2D eigenvalue weighted by molar-refractivity contribution is -0.132. The van der Waals surface area contributed by atoms with E-state index in [0.717, 1.165) is 35.0 Å². The first kappa shape index (κ1) is 22.8. The van der Waals surface area contributed by atoms with E-state index >= 15 is 0 Å². The number of aliphatic carboxylic acids is 1. The van der Waals surface area contributed by atoms with Gasteiger partial charge in [-0.2, -0.15) is 0 Å². The number of ether oxygens (including phenoxy) is 2. The van der Waals surface area contributed by atoms with Gasteiger partial charge < -0.3 is 19.5 Å². The number of nitrogens with zero attached hydrogens (tertiary/aromatic N) is 2. The fraction of sp³-hybridized carbons (Fsp3) is 0.500. The summed E-state index contributed by atoms with van der Waals surface area (Å²) in [5.74, 6) is -0.507. The number of benzene rings is 1. The fourth-order valence-corrected chi connectivity index (χ4v) is 4.85. The first-order chi connectivity index (χ1) is 14.5. The summed E-state index contributed by atoms with van der Waals surface area (Å²) in [5, 5.41) is 10.6. The summed E-state index contributed by atoms with van der Waals surface area (Å²) >= 11 is 1.52. The third kappa shape index (κ3) is 5.06. The van der Waals surface area contributed by atoms with E-state index < -0.39 is 5.97 Å². The smallest absolute Gasteiger partial charge is 0.338 e. The maximum absolute atomic E-state index is 14.5. The van der Waals surface area contributed by atoms with Crippen molar-refractivity contribution in [2.24, 2.45) is 0 Å². The van der Waals surface area contributed by atoms with Gasteiger partial charge in [0.25, 0.3) is 0 Å². The number of thioether (sulfide) groups is 1. The van der Waals surface area contributed by atoms with E-state index in [-0.39, 0.29) is 18.6 Å². The van der Waals surface area contributed by atoms with Crippen LogP contribution in [0.3, 0.4) is 0 Å². The minimum Gasteiger partial charge on any atom is -0.478 e. The van der Waals surface area contributed by atoms with Gasteiger partial charge in [0.05, 0.1) is 30.4 Å². The van der Waals surface area contributed by atoms with Gasteiger partial charge in [-0.25, -0.2) is 9.18 Å². The summed E-state index contributed by atoms with van der Waals surface area (Å²) in [6, 6.07) is 5.13. The van der Waals surface area contributed by atoms with Gasteiger partial charge in [-0.15, -0.1) is 11.8 Å². The Morgan fingerprint density at radius 1 is 1.37 bits per heavy atom. The molecule has 1 unspecified atom stereocenters. The topological polar surface area (TPSA) is 62.2 Å². The Morgan fingerprint density at radius 2 is 2.10 bits per heavy atom. The largest absolute Gasteiger partial charge is 0.478 e. The van der Waals surface area contributed by atoms with Crippen LogP contribution in [0.25, 0.3) is 0 Å². The molecule has 1 saturated heterocycles. The number of methoxy groups -OCH3 is 1. The molecule has 0 bridgehead atoms. The lowest BCUT2D eigenvalue weighted by Crippen LogP contribution is -2.52. The molecule has 6 nitrogen and oxygen atoms in total. The number of morpholine rings is 1. The van der Waals surface area contributed by atoms with Crippen molar-refractivity contribution in [2.45, 2.75) is 33.2 Å². The van der Waals surface area contributed by atoms with Crippen LogP contribution < -0.4 is 0 Å². The molecule has 2 aliphatic heterocycles. The van der Waals surface area contributed by atoms with Gasteiger partial charge in [-0.1, -0.05) is 19.1 Å². The second-order valence-electron chi connectivity index (χ2n) is 7.32. The fourth-order valence-electron chi connectivity index (χ4n) is 3.85. The van der Waals surface area contributed by atoms with Crippen molar-refractivity contribution in [1.82, 2.24) is 9.80 Å². The molecule has 2 heterocycles. The highest BCUT2D eigenvalue weighted by molar-refractivity contribution is 8.03. The second-order valence-corrected chi connectivity index (χ2v) is 8.57. The zero-order chi connectivity index (χ0) is 21.7. The third-order valence-electron chi connectivity index (χ3n) is 5.27. The van der Waals surface area contributed by atoms with Gasteiger partial charge in [0.15, 0.2) is 0 Å².